The van der Waals surface area contributed by atoms with Crippen molar-refractivity contribution in [2.24, 2.45) is 12.8 Å². The highest BCUT2D eigenvalue weighted by Gasteiger charge is 2.09. The number of amides is 2. The van der Waals surface area contributed by atoms with Gasteiger partial charge >= 0.3 is 0 Å². The first kappa shape index (κ1) is 11.3. The van der Waals surface area contributed by atoms with E-state index in [1.54, 1.807) is 23.9 Å². The van der Waals surface area contributed by atoms with E-state index in [0.29, 0.717) is 17.8 Å². The predicted octanol–water partition coefficient (Wildman–Crippen LogP) is 0.863. The monoisotopic (exact) mass is 209 g/mol. The predicted molar refractivity (Wildman–Crippen MR) is 57.5 cm³/mol. The number of carbonyl (C=O) groups excluding carboxylic acids is 2. The zero-order valence-electron chi connectivity index (χ0n) is 8.91. The van der Waals surface area contributed by atoms with Gasteiger partial charge in [-0.25, -0.2) is 0 Å². The summed E-state index contributed by atoms with van der Waals surface area (Å²) in [6, 6.07) is 1.57. The Morgan fingerprint density at radius 2 is 2.20 bits per heavy atom. The van der Waals surface area contributed by atoms with Crippen LogP contribution < -0.4 is 11.1 Å². The lowest BCUT2D eigenvalue weighted by Crippen LogP contribution is -2.14. The molecule has 0 spiro atoms. The van der Waals surface area contributed by atoms with E-state index in [2.05, 4.69) is 5.32 Å². The lowest BCUT2D eigenvalue weighted by molar-refractivity contribution is -0.116. The minimum Gasteiger partial charge on any atom is -0.364 e. The molecule has 0 bridgehead atoms. The van der Waals surface area contributed by atoms with Crippen molar-refractivity contribution < 1.29 is 9.59 Å². The van der Waals surface area contributed by atoms with Gasteiger partial charge in [0.2, 0.25) is 5.91 Å². The summed E-state index contributed by atoms with van der Waals surface area (Å²) >= 11 is 0. The van der Waals surface area contributed by atoms with Gasteiger partial charge in [-0.1, -0.05) is 6.92 Å². The van der Waals surface area contributed by atoms with E-state index in [9.17, 15) is 9.59 Å². The summed E-state index contributed by atoms with van der Waals surface area (Å²) in [7, 11) is 1.70. The maximum atomic E-state index is 11.3. The summed E-state index contributed by atoms with van der Waals surface area (Å²) in [4.78, 5) is 22.2. The van der Waals surface area contributed by atoms with Gasteiger partial charge < -0.3 is 15.6 Å². The van der Waals surface area contributed by atoms with Crippen LogP contribution in [0.4, 0.5) is 5.69 Å². The van der Waals surface area contributed by atoms with E-state index in [-0.39, 0.29) is 5.91 Å². The highest BCUT2D eigenvalue weighted by atomic mass is 16.2. The summed E-state index contributed by atoms with van der Waals surface area (Å²) in [5, 5.41) is 2.69. The van der Waals surface area contributed by atoms with Crippen LogP contribution in [0.5, 0.6) is 0 Å². The maximum Gasteiger partial charge on any atom is 0.265 e. The Morgan fingerprint density at radius 1 is 1.53 bits per heavy atom. The number of anilines is 1. The molecular weight excluding hydrogens is 194 g/mol. The van der Waals surface area contributed by atoms with Crippen molar-refractivity contribution in [1.29, 1.82) is 0 Å². The van der Waals surface area contributed by atoms with Crippen LogP contribution in [0.15, 0.2) is 12.3 Å². The zero-order chi connectivity index (χ0) is 11.4. The normalized spacial score (nSPS) is 10.0. The van der Waals surface area contributed by atoms with E-state index in [1.807, 2.05) is 6.92 Å². The molecule has 82 valence electrons. The molecule has 0 fully saturated rings. The first-order chi connectivity index (χ1) is 7.04. The Hall–Kier alpha value is -1.78. The fraction of sp³-hybridized carbons (Fsp3) is 0.400. The van der Waals surface area contributed by atoms with Crippen LogP contribution in [0.2, 0.25) is 0 Å². The Morgan fingerprint density at radius 3 is 2.67 bits per heavy atom. The SMILES string of the molecule is CCCC(=O)Nc1cc(C(N)=O)n(C)c1. The average molecular weight is 209 g/mol. The van der Waals surface area contributed by atoms with Crippen LogP contribution in [0.25, 0.3) is 0 Å². The molecule has 0 saturated heterocycles. The second kappa shape index (κ2) is 4.63. The molecular formula is C10H15N3O2. The highest BCUT2D eigenvalue weighted by molar-refractivity contribution is 5.95. The van der Waals surface area contributed by atoms with Gasteiger partial charge in [-0.05, 0) is 12.5 Å². The van der Waals surface area contributed by atoms with Crippen LogP contribution in [0.3, 0.4) is 0 Å². The average Bonchev–Trinajstić information content (AvgIpc) is 2.47. The van der Waals surface area contributed by atoms with Crippen molar-refractivity contribution in [3.05, 3.63) is 18.0 Å². The number of hydrogen-bond donors (Lipinski definition) is 2. The zero-order valence-corrected chi connectivity index (χ0v) is 8.91. The van der Waals surface area contributed by atoms with Crippen molar-refractivity contribution in [1.82, 2.24) is 4.57 Å². The van der Waals surface area contributed by atoms with Gasteiger partial charge in [-0.2, -0.15) is 0 Å². The fourth-order valence-electron chi connectivity index (χ4n) is 1.33. The van der Waals surface area contributed by atoms with Gasteiger partial charge in [0.1, 0.15) is 5.69 Å². The summed E-state index contributed by atoms with van der Waals surface area (Å²) in [5.41, 5.74) is 6.12. The fourth-order valence-corrected chi connectivity index (χ4v) is 1.33. The Labute approximate surface area is 88.3 Å². The molecule has 1 heterocycles. The summed E-state index contributed by atoms with van der Waals surface area (Å²) in [6.07, 6.45) is 2.93. The summed E-state index contributed by atoms with van der Waals surface area (Å²) < 4.78 is 1.59. The van der Waals surface area contributed by atoms with Gasteiger partial charge in [-0.3, -0.25) is 9.59 Å². The van der Waals surface area contributed by atoms with Crippen LogP contribution >= 0.6 is 0 Å². The van der Waals surface area contributed by atoms with E-state index < -0.39 is 5.91 Å². The third-order valence-electron chi connectivity index (χ3n) is 2.02. The molecule has 15 heavy (non-hydrogen) atoms. The van der Waals surface area contributed by atoms with Gasteiger partial charge in [-0.15, -0.1) is 0 Å². The smallest absolute Gasteiger partial charge is 0.265 e. The molecule has 0 unspecified atom stereocenters. The number of nitrogens with two attached hydrogens (primary N) is 1. The molecule has 0 aliphatic heterocycles. The third-order valence-corrected chi connectivity index (χ3v) is 2.02. The van der Waals surface area contributed by atoms with Gasteiger partial charge in [0.15, 0.2) is 0 Å². The molecule has 5 heteroatoms. The molecule has 0 aliphatic carbocycles. The Kier molecular flexibility index (Phi) is 3.49. The Bertz CT molecular complexity index is 382. The molecule has 2 amide bonds. The number of nitrogens with one attached hydrogen (secondary N) is 1. The van der Waals surface area contributed by atoms with Gasteiger partial charge in [0.25, 0.3) is 5.91 Å². The molecule has 5 nitrogen and oxygen atoms in total. The minimum absolute atomic E-state index is 0.0564. The number of hydrogen-bond acceptors (Lipinski definition) is 2. The first-order valence-corrected chi connectivity index (χ1v) is 4.80. The van der Waals surface area contributed by atoms with E-state index in [0.717, 1.165) is 6.42 Å². The second-order valence-electron chi connectivity index (χ2n) is 3.39. The van der Waals surface area contributed by atoms with Gasteiger partial charge in [0, 0.05) is 19.7 Å². The topological polar surface area (TPSA) is 77.1 Å². The molecule has 0 saturated carbocycles. The summed E-state index contributed by atoms with van der Waals surface area (Å²) in [5.74, 6) is -0.562. The number of rotatable bonds is 4. The molecule has 1 rings (SSSR count). The van der Waals surface area contributed by atoms with Crippen molar-refractivity contribution >= 4 is 17.5 Å². The second-order valence-corrected chi connectivity index (χ2v) is 3.39. The van der Waals surface area contributed by atoms with E-state index in [1.165, 1.54) is 0 Å². The minimum atomic E-state index is -0.506. The van der Waals surface area contributed by atoms with Crippen molar-refractivity contribution in [3.63, 3.8) is 0 Å². The molecule has 1 aromatic rings. The van der Waals surface area contributed by atoms with Crippen molar-refractivity contribution in [2.45, 2.75) is 19.8 Å². The highest BCUT2D eigenvalue weighted by Crippen LogP contribution is 2.12. The lowest BCUT2D eigenvalue weighted by atomic mass is 10.3. The van der Waals surface area contributed by atoms with E-state index >= 15 is 0 Å². The first-order valence-electron chi connectivity index (χ1n) is 4.80. The molecule has 0 radical (unpaired) electrons. The van der Waals surface area contributed by atoms with Crippen LogP contribution in [-0.2, 0) is 11.8 Å². The number of carbonyl (C=O) groups is 2. The molecule has 0 aliphatic rings. The molecule has 0 atom stereocenters. The standard InChI is InChI=1S/C10H15N3O2/c1-3-4-9(14)12-7-5-8(10(11)15)13(2)6-7/h5-6H,3-4H2,1-2H3,(H2,11,15)(H,12,14). The summed E-state index contributed by atoms with van der Waals surface area (Å²) in [6.45, 7) is 1.93. The van der Waals surface area contributed by atoms with Crippen LogP contribution in [0.1, 0.15) is 30.3 Å². The lowest BCUT2D eigenvalue weighted by Gasteiger charge is -1.99. The molecule has 1 aromatic heterocycles. The largest absolute Gasteiger partial charge is 0.364 e. The van der Waals surface area contributed by atoms with Crippen molar-refractivity contribution in [2.75, 3.05) is 5.32 Å². The van der Waals surface area contributed by atoms with E-state index in [4.69, 9.17) is 5.73 Å². The van der Waals surface area contributed by atoms with Crippen LogP contribution in [-0.4, -0.2) is 16.4 Å². The maximum absolute atomic E-state index is 11.3. The number of aromatic nitrogens is 1. The third kappa shape index (κ3) is 2.83. The van der Waals surface area contributed by atoms with Gasteiger partial charge in [0.05, 0.1) is 5.69 Å². The number of primary amides is 1. The molecule has 0 aromatic carbocycles. The van der Waals surface area contributed by atoms with Crippen LogP contribution in [0, 0.1) is 0 Å². The number of aryl methyl sites for hydroxylation is 1. The number of nitrogens with zero attached hydrogens (tertiary/aromatic N) is 1. The van der Waals surface area contributed by atoms with Crippen molar-refractivity contribution in [3.8, 4) is 0 Å². The quantitative estimate of drug-likeness (QED) is 0.771. The molecule has 3 N–H and O–H groups in total. The Balaban J connectivity index is 2.75.